The standard InChI is InChI=1S/C22H28N4O2.C21H25ClN4O.2C21H25FN4O.C21H26N4O/c1-14-5-6-16(12-21(14)28-2)15-7-8-17-11-20(26-19(17)10-15)22(27)25-13-18(24)4-3-9-23;2*1-13-4-7-17(18(22)9-13)14-5-6-15-11-20(26-19(15)10-14)21(27)25-12-16(24)3-2-8-23;1-13-9-14(6-7-18(13)22)15-4-5-16-11-20(26-19(16)10-15)21(27)25-12-17(24)3-2-8-23;1-14-4-2-5-15(10-14)16-7-8-17-12-20(25-19(17)11-16)21(26)24-13-18(23)6-3-9-22/h5-8,10-12,18,26H,3-4,9,13,23-24H2,1-2H3,(H,25,27);2*4-7,9-11,16,26H,2-3,8,12,23-24H2,1H3,(H,25,27);4-7,9-11,17,26H,2-3,8,12,23-24H2,1H3,(H,25,27);2,4-5,7-8,10-12,18,25H,3,6,9,13,22-23H2,1H3,(H,24,26)/t18-;2*16-;17-;18-/m00000/s1. The number of fused-ring (bicyclic) bond motifs is 5. The van der Waals surface area contributed by atoms with Crippen molar-refractivity contribution in [3.63, 3.8) is 0 Å². The number of carbonyl (C=O) groups is 5. The Bertz CT molecular complexity index is 6360. The highest BCUT2D eigenvalue weighted by Crippen LogP contribution is 2.35. The van der Waals surface area contributed by atoms with E-state index in [-0.39, 0.29) is 71.4 Å². The summed E-state index contributed by atoms with van der Waals surface area (Å²) in [5, 5.41) is 19.8. The molecule has 710 valence electrons. The number of benzene rings is 10. The molecular weight excluding hydrogens is 1720 g/mol. The van der Waals surface area contributed by atoms with Gasteiger partial charge in [0.2, 0.25) is 0 Å². The molecule has 29 heteroatoms. The Morgan fingerprint density at radius 1 is 0.311 bits per heavy atom. The largest absolute Gasteiger partial charge is 0.496 e. The van der Waals surface area contributed by atoms with Gasteiger partial charge in [0.25, 0.3) is 29.5 Å². The normalized spacial score (nSPS) is 12.3. The van der Waals surface area contributed by atoms with E-state index in [0.717, 1.165) is 186 Å². The summed E-state index contributed by atoms with van der Waals surface area (Å²) in [6.45, 7) is 14.8. The van der Waals surface area contributed by atoms with Crippen molar-refractivity contribution in [2.45, 2.75) is 129 Å². The highest BCUT2D eigenvalue weighted by atomic mass is 35.5. The number of hydrogen-bond donors (Lipinski definition) is 20. The number of nitrogens with one attached hydrogen (secondary N) is 10. The van der Waals surface area contributed by atoms with E-state index in [1.165, 1.54) is 23.3 Å². The van der Waals surface area contributed by atoms with Crippen LogP contribution in [0.25, 0.3) is 110 Å². The highest BCUT2D eigenvalue weighted by molar-refractivity contribution is 6.33. The molecule has 0 aliphatic rings. The van der Waals surface area contributed by atoms with Gasteiger partial charge in [0.15, 0.2) is 0 Å². The molecular formula is C106H129ClF2N20O6. The van der Waals surface area contributed by atoms with Crippen LogP contribution in [0, 0.1) is 46.3 Å². The van der Waals surface area contributed by atoms with E-state index in [9.17, 15) is 32.8 Å². The Morgan fingerprint density at radius 3 is 0.926 bits per heavy atom. The van der Waals surface area contributed by atoms with Crippen LogP contribution in [0.2, 0.25) is 5.02 Å². The molecule has 0 aliphatic carbocycles. The molecule has 0 spiro atoms. The molecule has 0 aliphatic heterocycles. The average molecular weight is 1850 g/mol. The number of halogens is 3. The lowest BCUT2D eigenvalue weighted by atomic mass is 10.0. The number of hydrogen-bond acceptors (Lipinski definition) is 16. The quantitative estimate of drug-likeness (QED) is 0.0173. The molecule has 0 radical (unpaired) electrons. The molecule has 5 aromatic heterocycles. The molecule has 0 unspecified atom stereocenters. The lowest BCUT2D eigenvalue weighted by Crippen LogP contribution is -2.37. The fraction of sp³-hybridized carbons (Fsp3) is 0.292. The number of aromatic amines is 5. The van der Waals surface area contributed by atoms with Crippen LogP contribution in [-0.4, -0.2) is 157 Å². The summed E-state index contributed by atoms with van der Waals surface area (Å²) in [6, 6.07) is 69.2. The highest BCUT2D eigenvalue weighted by Gasteiger charge is 2.21. The zero-order valence-electron chi connectivity index (χ0n) is 77.7. The van der Waals surface area contributed by atoms with E-state index in [1.54, 1.807) is 32.2 Å². The minimum atomic E-state index is -0.259. The fourth-order valence-corrected chi connectivity index (χ4v) is 15.8. The first kappa shape index (κ1) is 102. The average Bonchev–Trinajstić information content (AvgIpc) is 1.67. The van der Waals surface area contributed by atoms with Gasteiger partial charge in [-0.3, -0.25) is 24.0 Å². The second kappa shape index (κ2) is 50.2. The van der Waals surface area contributed by atoms with Crippen molar-refractivity contribution in [2.24, 2.45) is 57.3 Å². The maximum atomic E-state index is 14.2. The molecule has 0 fully saturated rings. The first-order valence-electron chi connectivity index (χ1n) is 45.9. The van der Waals surface area contributed by atoms with Crippen molar-refractivity contribution >= 4 is 95.7 Å². The molecule has 135 heavy (non-hydrogen) atoms. The lowest BCUT2D eigenvalue weighted by molar-refractivity contribution is 0.0938. The van der Waals surface area contributed by atoms with Crippen LogP contribution < -0.4 is 88.7 Å². The van der Waals surface area contributed by atoms with E-state index in [0.29, 0.717) is 110 Å². The number of ether oxygens (including phenoxy) is 1. The number of amides is 5. The van der Waals surface area contributed by atoms with Crippen LogP contribution in [0.3, 0.4) is 0 Å². The van der Waals surface area contributed by atoms with Crippen LogP contribution in [0.1, 0.15) is 144 Å². The fourth-order valence-electron chi connectivity index (χ4n) is 15.5. The van der Waals surface area contributed by atoms with Gasteiger partial charge in [-0.1, -0.05) is 145 Å². The molecule has 0 bridgehead atoms. The summed E-state index contributed by atoms with van der Waals surface area (Å²) < 4.78 is 33.2. The van der Waals surface area contributed by atoms with Crippen LogP contribution >= 0.6 is 11.6 Å². The predicted octanol–water partition coefficient (Wildman–Crippen LogP) is 15.6. The second-order valence-electron chi connectivity index (χ2n) is 34.4. The van der Waals surface area contributed by atoms with Crippen LogP contribution in [0.4, 0.5) is 8.78 Å². The number of nitrogens with two attached hydrogens (primary N) is 10. The molecule has 15 rings (SSSR count). The summed E-state index contributed by atoms with van der Waals surface area (Å²) in [5.41, 5.74) is 78.7. The second-order valence-corrected chi connectivity index (χ2v) is 34.8. The van der Waals surface area contributed by atoms with Gasteiger partial charge in [0.1, 0.15) is 45.9 Å². The zero-order valence-corrected chi connectivity index (χ0v) is 78.4. The third-order valence-corrected chi connectivity index (χ3v) is 23.6. The molecule has 0 saturated carbocycles. The monoisotopic (exact) mass is 1850 g/mol. The Morgan fingerprint density at radius 2 is 0.600 bits per heavy atom. The minimum Gasteiger partial charge on any atom is -0.496 e. The van der Waals surface area contributed by atoms with Crippen LogP contribution in [0.15, 0.2) is 218 Å². The first-order chi connectivity index (χ1) is 65.0. The van der Waals surface area contributed by atoms with Gasteiger partial charge in [-0.25, -0.2) is 8.78 Å². The Kier molecular flexibility index (Phi) is 38.1. The summed E-state index contributed by atoms with van der Waals surface area (Å²) >= 11 is 6.38. The Labute approximate surface area is 791 Å². The van der Waals surface area contributed by atoms with Crippen molar-refractivity contribution in [3.8, 4) is 61.4 Å². The van der Waals surface area contributed by atoms with E-state index in [1.807, 2.05) is 166 Å². The lowest BCUT2D eigenvalue weighted by Gasteiger charge is -2.11. The molecule has 15 aromatic rings. The minimum absolute atomic E-state index is 0.0696. The summed E-state index contributed by atoms with van der Waals surface area (Å²) in [4.78, 5) is 77.8. The zero-order chi connectivity index (χ0) is 96.8. The Hall–Kier alpha value is -13.2. The van der Waals surface area contributed by atoms with Gasteiger partial charge >= 0.3 is 0 Å². The predicted molar refractivity (Wildman–Crippen MR) is 547 cm³/mol. The van der Waals surface area contributed by atoms with E-state index in [4.69, 9.17) is 73.7 Å². The SMILES string of the molecule is COc1cc(-c2ccc3cc(C(=O)NC[C@@H](N)CCCN)[nH]c3c2)ccc1C.Cc1cc(-c2ccc3cc(C(=O)NC[C@@H](N)CCCN)[nH]c3c2)ccc1F.Cc1ccc(-c2ccc3cc(C(=O)NC[C@@H](N)CCCN)[nH]c3c2)c(Cl)c1.Cc1ccc(-c2ccc3cc(C(=O)NC[C@@H](N)CCCN)[nH]c3c2)c(F)c1.Cc1cccc(-c2ccc3cc(C(=O)NC[C@@H](N)CCCN)[nH]c3c2)c1. The molecule has 30 N–H and O–H groups in total. The third kappa shape index (κ3) is 29.4. The molecule has 0 saturated heterocycles. The van der Waals surface area contributed by atoms with Crippen molar-refractivity contribution in [3.05, 3.63) is 291 Å². The summed E-state index contributed by atoms with van der Waals surface area (Å²) in [6.07, 6.45) is 8.21. The molecule has 26 nitrogen and oxygen atoms in total. The topological polar surface area (TPSA) is 494 Å². The smallest absolute Gasteiger partial charge is 0.267 e. The number of aromatic nitrogens is 5. The number of aryl methyl sites for hydroxylation is 5. The van der Waals surface area contributed by atoms with Crippen LogP contribution in [0.5, 0.6) is 5.75 Å². The Balaban J connectivity index is 0.000000162. The maximum absolute atomic E-state index is 14.2. The number of rotatable bonds is 36. The van der Waals surface area contributed by atoms with Gasteiger partial charge in [0, 0.05) is 134 Å². The number of carbonyl (C=O) groups excluding carboxylic acids is 5. The maximum Gasteiger partial charge on any atom is 0.267 e. The van der Waals surface area contributed by atoms with Crippen molar-refractivity contribution in [2.75, 3.05) is 72.6 Å². The van der Waals surface area contributed by atoms with E-state index < -0.39 is 0 Å². The van der Waals surface area contributed by atoms with Crippen molar-refractivity contribution in [1.29, 1.82) is 0 Å². The number of methoxy groups -OCH3 is 1. The van der Waals surface area contributed by atoms with E-state index >= 15 is 0 Å². The van der Waals surface area contributed by atoms with Gasteiger partial charge in [0.05, 0.1) is 7.11 Å². The molecule has 5 heterocycles. The van der Waals surface area contributed by atoms with Gasteiger partial charge in [-0.15, -0.1) is 0 Å². The molecule has 10 aromatic carbocycles. The van der Waals surface area contributed by atoms with Gasteiger partial charge in [-0.05, 0) is 289 Å². The first-order valence-corrected chi connectivity index (χ1v) is 46.2. The number of H-pyrrole nitrogens is 5. The summed E-state index contributed by atoms with van der Waals surface area (Å²) in [7, 11) is 1.67. The van der Waals surface area contributed by atoms with Gasteiger partial charge in [-0.2, -0.15) is 0 Å². The van der Waals surface area contributed by atoms with Crippen molar-refractivity contribution in [1.82, 2.24) is 51.5 Å². The third-order valence-electron chi connectivity index (χ3n) is 23.3. The van der Waals surface area contributed by atoms with Gasteiger partial charge < -0.3 is 114 Å². The van der Waals surface area contributed by atoms with Crippen LogP contribution in [-0.2, 0) is 0 Å². The summed E-state index contributed by atoms with van der Waals surface area (Å²) in [5.74, 6) is -0.474. The molecule has 5 atom stereocenters. The van der Waals surface area contributed by atoms with Crippen molar-refractivity contribution < 1.29 is 37.5 Å². The molecule has 5 amide bonds. The van der Waals surface area contributed by atoms with E-state index in [2.05, 4.69) is 101 Å².